The molecule has 0 aliphatic carbocycles. The van der Waals surface area contributed by atoms with Gasteiger partial charge in [-0.2, -0.15) is 0 Å². The van der Waals surface area contributed by atoms with Crippen molar-refractivity contribution in [2.75, 3.05) is 25.0 Å². The number of nitrogens with zero attached hydrogens (tertiary/aromatic N) is 2. The number of anilines is 1. The monoisotopic (exact) mass is 431 g/mol. The second-order valence-electron chi connectivity index (χ2n) is 7.43. The highest BCUT2D eigenvalue weighted by molar-refractivity contribution is 7.91. The average molecular weight is 432 g/mol. The minimum atomic E-state index is -4.03. The summed E-state index contributed by atoms with van der Waals surface area (Å²) in [6, 6.07) is 9.25. The first-order valence-corrected chi connectivity index (χ1v) is 11.5. The zero-order valence-corrected chi connectivity index (χ0v) is 17.4. The van der Waals surface area contributed by atoms with Crippen molar-refractivity contribution in [3.8, 4) is 0 Å². The Kier molecular flexibility index (Phi) is 5.71. The molecule has 1 fully saturated rings. The van der Waals surface area contributed by atoms with E-state index in [9.17, 15) is 17.2 Å². The van der Waals surface area contributed by atoms with Gasteiger partial charge >= 0.3 is 0 Å². The van der Waals surface area contributed by atoms with E-state index >= 15 is 0 Å². The van der Waals surface area contributed by atoms with Crippen LogP contribution in [0.3, 0.4) is 0 Å². The molecule has 0 bridgehead atoms. The Hall–Kier alpha value is -2.58. The number of hydrogen-bond acceptors (Lipinski definition) is 5. The van der Waals surface area contributed by atoms with Gasteiger partial charge in [0.15, 0.2) is 0 Å². The van der Waals surface area contributed by atoms with Gasteiger partial charge in [0.1, 0.15) is 16.5 Å². The van der Waals surface area contributed by atoms with Crippen LogP contribution in [0.25, 0.3) is 10.9 Å². The topological polar surface area (TPSA) is 62.3 Å². The summed E-state index contributed by atoms with van der Waals surface area (Å²) in [6.45, 7) is 4.58. The fourth-order valence-electron chi connectivity index (χ4n) is 4.06. The van der Waals surface area contributed by atoms with Crippen LogP contribution in [-0.2, 0) is 9.84 Å². The molecule has 0 radical (unpaired) electrons. The molecule has 3 aromatic rings. The minimum Gasteiger partial charge on any atom is -0.382 e. The second kappa shape index (κ2) is 8.28. The maximum Gasteiger partial charge on any atom is 0.210 e. The van der Waals surface area contributed by atoms with Gasteiger partial charge in [0, 0.05) is 30.2 Å². The highest BCUT2D eigenvalue weighted by Gasteiger charge is 2.27. The second-order valence-corrected chi connectivity index (χ2v) is 9.34. The third-order valence-electron chi connectivity index (χ3n) is 5.61. The molecule has 1 saturated heterocycles. The predicted molar refractivity (Wildman–Crippen MR) is 112 cm³/mol. The van der Waals surface area contributed by atoms with Crippen molar-refractivity contribution in [3.63, 3.8) is 0 Å². The lowest BCUT2D eigenvalue weighted by atomic mass is 10.1. The average Bonchev–Trinajstić information content (AvgIpc) is 3.19. The molecule has 0 amide bonds. The predicted octanol–water partition coefficient (Wildman–Crippen LogP) is 4.24. The molecule has 30 heavy (non-hydrogen) atoms. The molecule has 1 aromatic heterocycles. The van der Waals surface area contributed by atoms with Crippen LogP contribution in [0.2, 0.25) is 0 Å². The number of aromatic nitrogens is 1. The number of pyridine rings is 1. The van der Waals surface area contributed by atoms with E-state index in [1.54, 1.807) is 0 Å². The molecule has 4 rings (SSSR count). The van der Waals surface area contributed by atoms with E-state index in [1.165, 1.54) is 42.6 Å². The third-order valence-corrected chi connectivity index (χ3v) is 7.38. The van der Waals surface area contributed by atoms with Gasteiger partial charge in [-0.15, -0.1) is 0 Å². The molecule has 2 heterocycles. The van der Waals surface area contributed by atoms with Gasteiger partial charge in [-0.05, 0) is 56.3 Å². The molecule has 5 nitrogen and oxygen atoms in total. The quantitative estimate of drug-likeness (QED) is 0.633. The zero-order chi connectivity index (χ0) is 21.3. The molecule has 1 N–H and O–H groups in total. The Bertz CT molecular complexity index is 1180. The van der Waals surface area contributed by atoms with E-state index in [1.807, 2.05) is 0 Å². The van der Waals surface area contributed by atoms with Crippen molar-refractivity contribution in [3.05, 3.63) is 60.3 Å². The van der Waals surface area contributed by atoms with Gasteiger partial charge in [0.05, 0.1) is 16.1 Å². The molecule has 1 aliphatic rings. The normalized spacial score (nSPS) is 17.5. The Labute approximate surface area is 174 Å². The van der Waals surface area contributed by atoms with Crippen molar-refractivity contribution in [2.45, 2.75) is 35.6 Å². The van der Waals surface area contributed by atoms with Crippen LogP contribution in [0.1, 0.15) is 19.8 Å². The summed E-state index contributed by atoms with van der Waals surface area (Å²) in [5.41, 5.74) is 0.724. The first-order chi connectivity index (χ1) is 14.4. The molecular weight excluding hydrogens is 408 g/mol. The Morgan fingerprint density at radius 3 is 2.73 bits per heavy atom. The first-order valence-electron chi connectivity index (χ1n) is 9.97. The number of likely N-dealkylation sites (tertiary alicyclic amines) is 1. The molecule has 0 spiro atoms. The van der Waals surface area contributed by atoms with Gasteiger partial charge in [-0.3, -0.25) is 9.88 Å². The number of rotatable bonds is 6. The van der Waals surface area contributed by atoms with E-state index in [4.69, 9.17) is 0 Å². The van der Waals surface area contributed by atoms with Crippen molar-refractivity contribution in [2.24, 2.45) is 0 Å². The number of hydrogen-bond donors (Lipinski definition) is 1. The van der Waals surface area contributed by atoms with Gasteiger partial charge in [0.2, 0.25) is 9.84 Å². The van der Waals surface area contributed by atoms with Crippen LogP contribution in [0.15, 0.2) is 58.5 Å². The van der Waals surface area contributed by atoms with Gasteiger partial charge < -0.3 is 5.32 Å². The van der Waals surface area contributed by atoms with Crippen molar-refractivity contribution < 1.29 is 17.2 Å². The largest absolute Gasteiger partial charge is 0.382 e. The minimum absolute atomic E-state index is 0.0479. The lowest BCUT2D eigenvalue weighted by Crippen LogP contribution is -2.34. The highest BCUT2D eigenvalue weighted by Crippen LogP contribution is 2.34. The summed E-state index contributed by atoms with van der Waals surface area (Å²) in [5.74, 6) is -1.08. The lowest BCUT2D eigenvalue weighted by Gasteiger charge is -2.24. The van der Waals surface area contributed by atoms with Crippen LogP contribution in [0.4, 0.5) is 14.5 Å². The smallest absolute Gasteiger partial charge is 0.210 e. The fraction of sp³-hybridized carbons (Fsp3) is 0.318. The highest BCUT2D eigenvalue weighted by atomic mass is 32.2. The summed E-state index contributed by atoms with van der Waals surface area (Å²) < 4.78 is 54.0. The Balaban J connectivity index is 1.81. The first kappa shape index (κ1) is 20.7. The molecule has 158 valence electrons. The van der Waals surface area contributed by atoms with E-state index in [-0.39, 0.29) is 15.8 Å². The summed E-state index contributed by atoms with van der Waals surface area (Å²) in [5, 5.41) is 3.80. The van der Waals surface area contributed by atoms with Crippen molar-refractivity contribution in [1.82, 2.24) is 9.88 Å². The number of fused-ring (bicyclic) bond motifs is 1. The van der Waals surface area contributed by atoms with Gasteiger partial charge in [-0.1, -0.05) is 13.0 Å². The zero-order valence-electron chi connectivity index (χ0n) is 16.6. The number of halogens is 2. The molecule has 1 atom stereocenters. The van der Waals surface area contributed by atoms with Crippen LogP contribution in [0, 0.1) is 11.6 Å². The summed E-state index contributed by atoms with van der Waals surface area (Å²) in [7, 11) is -4.03. The van der Waals surface area contributed by atoms with E-state index in [0.29, 0.717) is 23.1 Å². The van der Waals surface area contributed by atoms with Crippen molar-refractivity contribution in [1.29, 1.82) is 0 Å². The Morgan fingerprint density at radius 1 is 1.17 bits per heavy atom. The van der Waals surface area contributed by atoms with Gasteiger partial charge in [-0.25, -0.2) is 17.2 Å². The number of benzene rings is 2. The number of nitrogens with one attached hydrogen (secondary N) is 1. The maximum absolute atomic E-state index is 13.7. The standard InChI is InChI=1S/C22H23F2N3O2S/c1-2-27-10-4-6-17(27)13-26-22-19-9-8-16(24)12-20(19)25-14-21(22)30(28,29)18-7-3-5-15(23)11-18/h3,5,7-9,11-12,14,17H,2,4,6,10,13H2,1H3,(H,25,26)/t17-/m0/s1. The number of likely N-dealkylation sites (N-methyl/N-ethyl adjacent to an activating group) is 1. The Morgan fingerprint density at radius 2 is 1.97 bits per heavy atom. The fourth-order valence-corrected chi connectivity index (χ4v) is 5.48. The van der Waals surface area contributed by atoms with Crippen LogP contribution < -0.4 is 5.32 Å². The SMILES string of the molecule is CCN1CCC[C@H]1CNc1c(S(=O)(=O)c2cccc(F)c2)cnc2cc(F)ccc12. The lowest BCUT2D eigenvalue weighted by molar-refractivity contribution is 0.277. The van der Waals surface area contributed by atoms with E-state index in [2.05, 4.69) is 22.1 Å². The van der Waals surface area contributed by atoms with Crippen LogP contribution in [-0.4, -0.2) is 44.0 Å². The van der Waals surface area contributed by atoms with E-state index < -0.39 is 21.5 Å². The molecule has 0 saturated carbocycles. The summed E-state index contributed by atoms with van der Waals surface area (Å²) in [6.07, 6.45) is 3.33. The number of sulfone groups is 1. The van der Waals surface area contributed by atoms with Crippen molar-refractivity contribution >= 4 is 26.4 Å². The summed E-state index contributed by atoms with van der Waals surface area (Å²) in [4.78, 5) is 6.31. The molecule has 2 aromatic carbocycles. The van der Waals surface area contributed by atoms with Crippen LogP contribution in [0.5, 0.6) is 0 Å². The summed E-state index contributed by atoms with van der Waals surface area (Å²) >= 11 is 0. The van der Waals surface area contributed by atoms with Gasteiger partial charge in [0.25, 0.3) is 0 Å². The molecule has 1 aliphatic heterocycles. The molecule has 0 unspecified atom stereocenters. The maximum atomic E-state index is 13.7. The molecule has 8 heteroatoms. The van der Waals surface area contributed by atoms with Crippen LogP contribution >= 0.6 is 0 Å². The van der Waals surface area contributed by atoms with E-state index in [0.717, 1.165) is 32.0 Å². The molecular formula is C22H23F2N3O2S. The third kappa shape index (κ3) is 3.89.